The standard InChI is InChI=1S/C44H39N/c1-32-5-7-33(8-6-32)34-9-11-35(12-10-34)37-17-21-40(22-18-37)43-25-28-44(29-26-43,30-27-43)41-23-19-38(20-24-41)36-13-15-39(16-14-36)42-4-2-3-31-45-42/h2-24,31H,25-30H2,1H3. The van der Waals surface area contributed by atoms with Crippen LogP contribution in [0.5, 0.6) is 0 Å². The van der Waals surface area contributed by atoms with Crippen molar-refractivity contribution in [2.24, 2.45) is 0 Å². The van der Waals surface area contributed by atoms with Crippen LogP contribution in [0.4, 0.5) is 0 Å². The van der Waals surface area contributed by atoms with Crippen molar-refractivity contribution in [1.29, 1.82) is 0 Å². The van der Waals surface area contributed by atoms with E-state index in [1.807, 2.05) is 18.3 Å². The molecule has 0 atom stereocenters. The molecular weight excluding hydrogens is 542 g/mol. The van der Waals surface area contributed by atoms with Crippen LogP contribution in [0.1, 0.15) is 55.2 Å². The van der Waals surface area contributed by atoms with E-state index in [1.54, 1.807) is 5.56 Å². The lowest BCUT2D eigenvalue weighted by molar-refractivity contribution is 0.102. The molecule has 0 amide bonds. The Bertz CT molecular complexity index is 1870. The van der Waals surface area contributed by atoms with Crippen molar-refractivity contribution in [2.75, 3.05) is 0 Å². The smallest absolute Gasteiger partial charge is 0.0701 e. The van der Waals surface area contributed by atoms with Crippen molar-refractivity contribution >= 4 is 0 Å². The Kier molecular flexibility index (Phi) is 6.98. The summed E-state index contributed by atoms with van der Waals surface area (Å²) in [5.41, 5.74) is 14.9. The molecule has 0 saturated heterocycles. The maximum absolute atomic E-state index is 4.49. The highest BCUT2D eigenvalue weighted by atomic mass is 14.7. The number of hydrogen-bond donors (Lipinski definition) is 0. The lowest BCUT2D eigenvalue weighted by Crippen LogP contribution is -2.46. The molecule has 3 aliphatic rings. The number of rotatable bonds is 6. The van der Waals surface area contributed by atoms with Crippen LogP contribution in [0.25, 0.3) is 44.6 Å². The second-order valence-corrected chi connectivity index (χ2v) is 13.5. The second-order valence-electron chi connectivity index (χ2n) is 13.5. The Morgan fingerprint density at radius 2 is 0.711 bits per heavy atom. The fraction of sp³-hybridized carbons (Fsp3) is 0.205. The molecule has 0 radical (unpaired) electrons. The molecule has 3 fully saturated rings. The summed E-state index contributed by atoms with van der Waals surface area (Å²) in [5, 5.41) is 0. The molecule has 1 heteroatoms. The minimum Gasteiger partial charge on any atom is -0.256 e. The summed E-state index contributed by atoms with van der Waals surface area (Å²) in [6.45, 7) is 2.14. The van der Waals surface area contributed by atoms with E-state index in [1.165, 1.54) is 83.0 Å². The van der Waals surface area contributed by atoms with Crippen LogP contribution >= 0.6 is 0 Å². The Morgan fingerprint density at radius 1 is 0.378 bits per heavy atom. The highest BCUT2D eigenvalue weighted by Crippen LogP contribution is 2.58. The minimum absolute atomic E-state index is 0.336. The predicted octanol–water partition coefficient (Wildman–Crippen LogP) is 11.6. The average Bonchev–Trinajstić information content (AvgIpc) is 3.13. The van der Waals surface area contributed by atoms with Gasteiger partial charge in [0.2, 0.25) is 0 Å². The van der Waals surface area contributed by atoms with Gasteiger partial charge in [0.05, 0.1) is 5.69 Å². The van der Waals surface area contributed by atoms with Crippen LogP contribution in [0.3, 0.4) is 0 Å². The maximum Gasteiger partial charge on any atom is 0.0701 e. The molecule has 9 rings (SSSR count). The Balaban J connectivity index is 0.938. The normalized spacial score (nSPS) is 20.6. The summed E-state index contributed by atoms with van der Waals surface area (Å²) in [6, 6.07) is 51.7. The third-order valence-corrected chi connectivity index (χ3v) is 11.0. The molecule has 220 valence electrons. The maximum atomic E-state index is 4.49. The summed E-state index contributed by atoms with van der Waals surface area (Å²) < 4.78 is 0. The van der Waals surface area contributed by atoms with E-state index in [-0.39, 0.29) is 0 Å². The molecule has 1 aromatic heterocycles. The number of fused-ring (bicyclic) bond motifs is 3. The molecule has 5 aromatic carbocycles. The van der Waals surface area contributed by atoms with Gasteiger partial charge in [0.1, 0.15) is 0 Å². The highest BCUT2D eigenvalue weighted by molar-refractivity contribution is 5.71. The molecule has 1 nitrogen and oxygen atoms in total. The van der Waals surface area contributed by atoms with E-state index in [9.17, 15) is 0 Å². The quantitative estimate of drug-likeness (QED) is 0.191. The van der Waals surface area contributed by atoms with Gasteiger partial charge >= 0.3 is 0 Å². The van der Waals surface area contributed by atoms with E-state index in [4.69, 9.17) is 0 Å². The number of benzene rings is 5. The Morgan fingerprint density at radius 3 is 1.07 bits per heavy atom. The zero-order valence-electron chi connectivity index (χ0n) is 26.0. The van der Waals surface area contributed by atoms with E-state index < -0.39 is 0 Å². The zero-order chi connectivity index (χ0) is 30.3. The first-order valence-electron chi connectivity index (χ1n) is 16.5. The van der Waals surface area contributed by atoms with Crippen LogP contribution in [0.15, 0.2) is 146 Å². The van der Waals surface area contributed by atoms with Crippen molar-refractivity contribution < 1.29 is 0 Å². The topological polar surface area (TPSA) is 12.9 Å². The van der Waals surface area contributed by atoms with Crippen LogP contribution < -0.4 is 0 Å². The fourth-order valence-electron chi connectivity index (χ4n) is 8.05. The van der Waals surface area contributed by atoms with Crippen molar-refractivity contribution in [3.63, 3.8) is 0 Å². The summed E-state index contributed by atoms with van der Waals surface area (Å²) >= 11 is 0. The van der Waals surface area contributed by atoms with Crippen LogP contribution in [0.2, 0.25) is 0 Å². The molecule has 2 bridgehead atoms. The largest absolute Gasteiger partial charge is 0.256 e. The summed E-state index contributed by atoms with van der Waals surface area (Å²) in [5.74, 6) is 0. The number of hydrogen-bond acceptors (Lipinski definition) is 1. The van der Waals surface area contributed by atoms with Crippen LogP contribution in [0, 0.1) is 6.92 Å². The zero-order valence-corrected chi connectivity index (χ0v) is 26.0. The van der Waals surface area contributed by atoms with E-state index in [2.05, 4.69) is 139 Å². The molecule has 1 heterocycles. The van der Waals surface area contributed by atoms with Gasteiger partial charge in [-0.2, -0.15) is 0 Å². The molecular formula is C44H39N. The molecule has 0 spiro atoms. The third-order valence-electron chi connectivity index (χ3n) is 11.0. The van der Waals surface area contributed by atoms with E-state index in [0.29, 0.717) is 10.8 Å². The molecule has 3 aliphatic carbocycles. The summed E-state index contributed by atoms with van der Waals surface area (Å²) in [6.07, 6.45) is 9.57. The van der Waals surface area contributed by atoms with Gasteiger partial charge < -0.3 is 0 Å². The van der Waals surface area contributed by atoms with Crippen molar-refractivity contribution in [2.45, 2.75) is 56.3 Å². The van der Waals surface area contributed by atoms with Gasteiger partial charge in [-0.05, 0) is 113 Å². The van der Waals surface area contributed by atoms with E-state index in [0.717, 1.165) is 11.3 Å². The molecule has 6 aromatic rings. The van der Waals surface area contributed by atoms with Gasteiger partial charge in [-0.15, -0.1) is 0 Å². The van der Waals surface area contributed by atoms with Gasteiger partial charge in [0, 0.05) is 11.8 Å². The first-order valence-corrected chi connectivity index (χ1v) is 16.5. The molecule has 45 heavy (non-hydrogen) atoms. The summed E-state index contributed by atoms with van der Waals surface area (Å²) in [4.78, 5) is 4.49. The van der Waals surface area contributed by atoms with Gasteiger partial charge in [-0.3, -0.25) is 4.98 Å². The van der Waals surface area contributed by atoms with Gasteiger partial charge in [0.15, 0.2) is 0 Å². The van der Waals surface area contributed by atoms with Crippen molar-refractivity contribution in [1.82, 2.24) is 4.98 Å². The van der Waals surface area contributed by atoms with Crippen molar-refractivity contribution in [3.8, 4) is 44.6 Å². The van der Waals surface area contributed by atoms with Gasteiger partial charge in [0.25, 0.3) is 0 Å². The Labute approximate surface area is 267 Å². The number of aromatic nitrogens is 1. The first-order chi connectivity index (χ1) is 22.1. The van der Waals surface area contributed by atoms with Gasteiger partial charge in [-0.1, -0.05) is 133 Å². The summed E-state index contributed by atoms with van der Waals surface area (Å²) in [7, 11) is 0. The monoisotopic (exact) mass is 581 g/mol. The molecule has 0 N–H and O–H groups in total. The van der Waals surface area contributed by atoms with Crippen molar-refractivity contribution in [3.05, 3.63) is 162 Å². The lowest BCUT2D eigenvalue weighted by atomic mass is 9.50. The van der Waals surface area contributed by atoms with E-state index >= 15 is 0 Å². The molecule has 3 saturated carbocycles. The third kappa shape index (κ3) is 5.21. The minimum atomic E-state index is 0.336. The van der Waals surface area contributed by atoms with Crippen LogP contribution in [-0.2, 0) is 10.8 Å². The number of pyridine rings is 1. The fourth-order valence-corrected chi connectivity index (χ4v) is 8.05. The van der Waals surface area contributed by atoms with Crippen LogP contribution in [-0.4, -0.2) is 4.98 Å². The predicted molar refractivity (Wildman–Crippen MR) is 188 cm³/mol. The van der Waals surface area contributed by atoms with Gasteiger partial charge in [-0.25, -0.2) is 0 Å². The number of nitrogens with zero attached hydrogens (tertiary/aromatic N) is 1. The number of aryl methyl sites for hydroxylation is 1. The molecule has 0 unspecified atom stereocenters. The highest BCUT2D eigenvalue weighted by Gasteiger charge is 2.49. The molecule has 0 aliphatic heterocycles. The first kappa shape index (κ1) is 27.8. The lowest BCUT2D eigenvalue weighted by Gasteiger charge is -2.54. The Hall–Kier alpha value is -4.75. The second kappa shape index (κ2) is 11.3. The average molecular weight is 582 g/mol. The SMILES string of the molecule is Cc1ccc(-c2ccc(-c3ccc(C45CCC(c6ccc(-c7ccc(-c8ccccn8)cc7)cc6)(CC4)CC5)cc3)cc2)cc1.